The molecule has 0 amide bonds. The molecule has 7 heteroatoms. The van der Waals surface area contributed by atoms with Gasteiger partial charge in [-0.15, -0.1) is 0 Å². The second kappa shape index (κ2) is 10.4. The first-order valence-electron chi connectivity index (χ1n) is 10.2. The van der Waals surface area contributed by atoms with E-state index in [1.165, 1.54) is 0 Å². The summed E-state index contributed by atoms with van der Waals surface area (Å²) in [6.45, 7) is 8.81. The van der Waals surface area contributed by atoms with E-state index in [-0.39, 0.29) is 17.3 Å². The van der Waals surface area contributed by atoms with E-state index in [0.717, 1.165) is 36.7 Å². The summed E-state index contributed by atoms with van der Waals surface area (Å²) in [5, 5.41) is 3.49. The molecule has 1 atom stereocenters. The van der Waals surface area contributed by atoms with E-state index in [0.29, 0.717) is 25.4 Å². The summed E-state index contributed by atoms with van der Waals surface area (Å²) in [5.74, 6) is 2.04. The highest BCUT2D eigenvalue weighted by molar-refractivity contribution is 5.81. The molecule has 162 valence electrons. The summed E-state index contributed by atoms with van der Waals surface area (Å²) in [5.41, 5.74) is 0.979. The van der Waals surface area contributed by atoms with Crippen molar-refractivity contribution in [2.75, 3.05) is 47.5 Å². The maximum absolute atomic E-state index is 12.1. The van der Waals surface area contributed by atoms with Gasteiger partial charge in [-0.2, -0.15) is 0 Å². The third-order valence-corrected chi connectivity index (χ3v) is 5.41. The lowest BCUT2D eigenvalue weighted by Crippen LogP contribution is -2.50. The van der Waals surface area contributed by atoms with Crippen LogP contribution in [0.25, 0.3) is 0 Å². The van der Waals surface area contributed by atoms with Crippen LogP contribution >= 0.6 is 0 Å². The monoisotopic (exact) mass is 405 g/mol. The van der Waals surface area contributed by atoms with Gasteiger partial charge in [-0.1, -0.05) is 19.9 Å². The van der Waals surface area contributed by atoms with Crippen molar-refractivity contribution < 1.29 is 19.0 Å². The first kappa shape index (κ1) is 22.8. The molecule has 29 heavy (non-hydrogen) atoms. The molecular formula is C22H35N3O4. The van der Waals surface area contributed by atoms with Crippen molar-refractivity contribution in [2.45, 2.75) is 39.0 Å². The van der Waals surface area contributed by atoms with Crippen LogP contribution in [0.4, 0.5) is 0 Å². The van der Waals surface area contributed by atoms with Crippen molar-refractivity contribution in [3.05, 3.63) is 23.8 Å². The lowest BCUT2D eigenvalue weighted by atomic mass is 9.84. The van der Waals surface area contributed by atoms with Crippen LogP contribution in [-0.2, 0) is 14.9 Å². The van der Waals surface area contributed by atoms with Gasteiger partial charge in [-0.05, 0) is 37.5 Å². The van der Waals surface area contributed by atoms with E-state index in [1.54, 1.807) is 21.3 Å². The Morgan fingerprint density at radius 2 is 2.00 bits per heavy atom. The molecule has 1 N–H and O–H groups in total. The first-order chi connectivity index (χ1) is 13.9. The fraction of sp³-hybridized carbons (Fsp3) is 0.636. The van der Waals surface area contributed by atoms with Crippen LogP contribution in [0, 0.1) is 5.92 Å². The number of nitrogens with zero attached hydrogens (tertiary/aromatic N) is 2. The maximum Gasteiger partial charge on any atom is 0.310 e. The SMILES string of the molecule is CCOC(=O)C1CCCN(C(=NC)NCC(C)(C)c2ccc(OC)c(OC)c2)C1. The number of aliphatic imine (C=N–C) groups is 1. The second-order valence-corrected chi connectivity index (χ2v) is 7.89. The molecule has 1 aromatic rings. The topological polar surface area (TPSA) is 72.4 Å². The molecule has 1 fully saturated rings. The largest absolute Gasteiger partial charge is 0.493 e. The number of benzene rings is 1. The fourth-order valence-corrected chi connectivity index (χ4v) is 3.61. The number of carbonyl (C=O) groups excluding carboxylic acids is 1. The first-order valence-corrected chi connectivity index (χ1v) is 10.2. The average molecular weight is 406 g/mol. The van der Waals surface area contributed by atoms with Gasteiger partial charge in [-0.25, -0.2) is 0 Å². The molecule has 1 aromatic carbocycles. The van der Waals surface area contributed by atoms with Crippen molar-refractivity contribution in [2.24, 2.45) is 10.9 Å². The lowest BCUT2D eigenvalue weighted by molar-refractivity contribution is -0.149. The Kier molecular flexibility index (Phi) is 8.17. The molecule has 0 radical (unpaired) electrons. The summed E-state index contributed by atoms with van der Waals surface area (Å²) in [6.07, 6.45) is 1.81. The number of likely N-dealkylation sites (tertiary alicyclic amines) is 1. The molecule has 0 aliphatic carbocycles. The van der Waals surface area contributed by atoms with Crippen molar-refractivity contribution in [3.63, 3.8) is 0 Å². The molecule has 2 rings (SSSR count). The molecule has 1 heterocycles. The van der Waals surface area contributed by atoms with Gasteiger partial charge >= 0.3 is 5.97 Å². The molecule has 7 nitrogen and oxygen atoms in total. The number of methoxy groups -OCH3 is 2. The van der Waals surface area contributed by atoms with Crippen molar-refractivity contribution in [1.82, 2.24) is 10.2 Å². The summed E-state index contributed by atoms with van der Waals surface area (Å²) >= 11 is 0. The quantitative estimate of drug-likeness (QED) is 0.427. The minimum absolute atomic E-state index is 0.0962. The zero-order valence-electron chi connectivity index (χ0n) is 18.6. The van der Waals surface area contributed by atoms with E-state index in [2.05, 4.69) is 35.1 Å². The van der Waals surface area contributed by atoms with Crippen LogP contribution in [0.2, 0.25) is 0 Å². The van der Waals surface area contributed by atoms with E-state index in [1.807, 2.05) is 19.1 Å². The van der Waals surface area contributed by atoms with Crippen molar-refractivity contribution >= 4 is 11.9 Å². The van der Waals surface area contributed by atoms with Gasteiger partial charge in [0.1, 0.15) is 0 Å². The minimum Gasteiger partial charge on any atom is -0.493 e. The Morgan fingerprint density at radius 1 is 1.28 bits per heavy atom. The van der Waals surface area contributed by atoms with Gasteiger partial charge in [0, 0.05) is 32.1 Å². The van der Waals surface area contributed by atoms with Gasteiger partial charge in [0.05, 0.1) is 26.7 Å². The number of hydrogen-bond acceptors (Lipinski definition) is 5. The van der Waals surface area contributed by atoms with Gasteiger partial charge in [-0.3, -0.25) is 9.79 Å². The predicted molar refractivity (Wildman–Crippen MR) is 115 cm³/mol. The Morgan fingerprint density at radius 3 is 2.62 bits per heavy atom. The third-order valence-electron chi connectivity index (χ3n) is 5.41. The zero-order valence-corrected chi connectivity index (χ0v) is 18.6. The van der Waals surface area contributed by atoms with Crippen LogP contribution in [0.1, 0.15) is 39.2 Å². The lowest BCUT2D eigenvalue weighted by Gasteiger charge is -2.35. The summed E-state index contributed by atoms with van der Waals surface area (Å²) in [6, 6.07) is 6.00. The van der Waals surface area contributed by atoms with E-state index in [9.17, 15) is 4.79 Å². The minimum atomic E-state index is -0.161. The molecule has 1 saturated heterocycles. The number of nitrogens with one attached hydrogen (secondary N) is 1. The number of esters is 1. The van der Waals surface area contributed by atoms with Crippen LogP contribution in [0.5, 0.6) is 11.5 Å². The number of carbonyl (C=O) groups is 1. The second-order valence-electron chi connectivity index (χ2n) is 7.89. The molecule has 0 bridgehead atoms. The number of piperidine rings is 1. The Bertz CT molecular complexity index is 718. The highest BCUT2D eigenvalue weighted by atomic mass is 16.5. The van der Waals surface area contributed by atoms with Gasteiger partial charge in [0.25, 0.3) is 0 Å². The number of ether oxygens (including phenoxy) is 3. The Labute approximate surface area is 174 Å². The standard InChI is InChI=1S/C22H35N3O4/c1-7-29-20(26)16-9-8-12-25(14-16)21(23-4)24-15-22(2,3)17-10-11-18(27-5)19(13-17)28-6/h10-11,13,16H,7-9,12,14-15H2,1-6H3,(H,23,24). The molecule has 0 aromatic heterocycles. The highest BCUT2D eigenvalue weighted by Crippen LogP contribution is 2.33. The molecule has 1 aliphatic heterocycles. The molecule has 0 saturated carbocycles. The highest BCUT2D eigenvalue weighted by Gasteiger charge is 2.29. The molecule has 0 spiro atoms. The van der Waals surface area contributed by atoms with E-state index in [4.69, 9.17) is 14.2 Å². The van der Waals surface area contributed by atoms with Crippen LogP contribution in [0.3, 0.4) is 0 Å². The smallest absolute Gasteiger partial charge is 0.310 e. The van der Waals surface area contributed by atoms with Gasteiger partial charge in [0.2, 0.25) is 0 Å². The zero-order chi connectivity index (χ0) is 21.4. The number of guanidine groups is 1. The summed E-state index contributed by atoms with van der Waals surface area (Å²) < 4.78 is 16.0. The van der Waals surface area contributed by atoms with Crippen LogP contribution < -0.4 is 14.8 Å². The van der Waals surface area contributed by atoms with Crippen LogP contribution in [0.15, 0.2) is 23.2 Å². The predicted octanol–water partition coefficient (Wildman–Crippen LogP) is 2.83. The van der Waals surface area contributed by atoms with Gasteiger partial charge in [0.15, 0.2) is 17.5 Å². The Balaban J connectivity index is 2.05. The van der Waals surface area contributed by atoms with E-state index >= 15 is 0 Å². The average Bonchev–Trinajstić information content (AvgIpc) is 2.74. The summed E-state index contributed by atoms with van der Waals surface area (Å²) in [4.78, 5) is 18.7. The van der Waals surface area contributed by atoms with Crippen LogP contribution in [-0.4, -0.2) is 64.3 Å². The van der Waals surface area contributed by atoms with Crippen molar-refractivity contribution in [3.8, 4) is 11.5 Å². The van der Waals surface area contributed by atoms with Crippen molar-refractivity contribution in [1.29, 1.82) is 0 Å². The molecule has 1 unspecified atom stereocenters. The van der Waals surface area contributed by atoms with Gasteiger partial charge < -0.3 is 24.4 Å². The number of rotatable bonds is 7. The molecular weight excluding hydrogens is 370 g/mol. The molecule has 1 aliphatic rings. The fourth-order valence-electron chi connectivity index (χ4n) is 3.61. The number of hydrogen-bond donors (Lipinski definition) is 1. The maximum atomic E-state index is 12.1. The summed E-state index contributed by atoms with van der Waals surface area (Å²) in [7, 11) is 5.06. The Hall–Kier alpha value is -2.44. The normalized spacial score (nSPS) is 17.7. The third kappa shape index (κ3) is 5.78. The van der Waals surface area contributed by atoms with E-state index < -0.39 is 0 Å².